The van der Waals surface area contributed by atoms with Gasteiger partial charge in [-0.25, -0.2) is 0 Å². The lowest BCUT2D eigenvalue weighted by atomic mass is 10.1. The lowest BCUT2D eigenvalue weighted by Gasteiger charge is -2.38. The van der Waals surface area contributed by atoms with Crippen LogP contribution >= 0.6 is 0 Å². The van der Waals surface area contributed by atoms with Crippen molar-refractivity contribution in [1.29, 1.82) is 0 Å². The molecule has 21 heavy (non-hydrogen) atoms. The normalized spacial score (nSPS) is 20.3. The molecule has 3 heteroatoms. The Morgan fingerprint density at radius 2 is 2.05 bits per heavy atom. The Morgan fingerprint density at radius 1 is 1.33 bits per heavy atom. The first-order chi connectivity index (χ1) is 9.76. The zero-order valence-corrected chi connectivity index (χ0v) is 15.9. The van der Waals surface area contributed by atoms with Gasteiger partial charge in [0.15, 0.2) is 0 Å². The summed E-state index contributed by atoms with van der Waals surface area (Å²) in [6.07, 6.45) is 13.9. The molecular weight excluding hydrogens is 276 g/mol. The first-order valence-electron chi connectivity index (χ1n) is 8.49. The van der Waals surface area contributed by atoms with E-state index in [-0.39, 0.29) is 11.1 Å². The Labute approximate surface area is 132 Å². The summed E-state index contributed by atoms with van der Waals surface area (Å²) in [6, 6.07) is 0. The van der Waals surface area contributed by atoms with Crippen LogP contribution in [0.15, 0.2) is 24.2 Å². The fourth-order valence-corrected chi connectivity index (χ4v) is 2.93. The molecule has 1 aliphatic rings. The molecule has 0 N–H and O–H groups in total. The second-order valence-electron chi connectivity index (χ2n) is 7.54. The molecule has 1 atom stereocenters. The van der Waals surface area contributed by atoms with Gasteiger partial charge in [0.2, 0.25) is 0 Å². The fraction of sp³-hybridized carbons (Fsp3) is 0.778. The number of hydrogen-bond donors (Lipinski definition) is 0. The highest BCUT2D eigenvalue weighted by atomic mass is 28.4. The van der Waals surface area contributed by atoms with Gasteiger partial charge in [0.25, 0.3) is 14.3 Å². The highest BCUT2D eigenvalue weighted by Gasteiger charge is 2.40. The molecular formula is C18H34O2Si. The van der Waals surface area contributed by atoms with Gasteiger partial charge in [-0.05, 0) is 56.0 Å². The molecule has 0 saturated carbocycles. The van der Waals surface area contributed by atoms with Crippen molar-refractivity contribution >= 4 is 8.32 Å². The zero-order chi connectivity index (χ0) is 15.9. The fourth-order valence-electron chi connectivity index (χ4n) is 1.99. The molecule has 0 aliphatic carbocycles. The molecule has 0 unspecified atom stereocenters. The van der Waals surface area contributed by atoms with Crippen molar-refractivity contribution in [2.45, 2.75) is 90.5 Å². The smallest absolute Gasteiger partial charge is 0.261 e. The summed E-state index contributed by atoms with van der Waals surface area (Å²) in [5.74, 6) is 0.760. The van der Waals surface area contributed by atoms with Crippen molar-refractivity contribution in [3.63, 3.8) is 0 Å². The summed E-state index contributed by atoms with van der Waals surface area (Å²) in [6.45, 7) is 13.5. The van der Waals surface area contributed by atoms with Crippen LogP contribution in [0, 0.1) is 0 Å². The number of unbranched alkanes of at least 4 members (excludes halogenated alkanes) is 3. The molecule has 2 nitrogen and oxygen atoms in total. The third kappa shape index (κ3) is 6.29. The van der Waals surface area contributed by atoms with Gasteiger partial charge in [0.05, 0.1) is 0 Å². The lowest BCUT2D eigenvalue weighted by Crippen LogP contribution is -2.41. The minimum atomic E-state index is -1.79. The van der Waals surface area contributed by atoms with Gasteiger partial charge >= 0.3 is 0 Å². The minimum Gasteiger partial charge on any atom is -0.519 e. The molecule has 0 bridgehead atoms. The van der Waals surface area contributed by atoms with Crippen LogP contribution in [0.25, 0.3) is 0 Å². The highest BCUT2D eigenvalue weighted by Crippen LogP contribution is 2.38. The van der Waals surface area contributed by atoms with E-state index in [1.165, 1.54) is 19.3 Å². The zero-order valence-electron chi connectivity index (χ0n) is 14.9. The summed E-state index contributed by atoms with van der Waals surface area (Å²) in [7, 11) is -1.79. The van der Waals surface area contributed by atoms with Crippen LogP contribution in [0.3, 0.4) is 0 Å². The number of rotatable bonds is 7. The molecule has 1 heterocycles. The Morgan fingerprint density at radius 3 is 2.67 bits per heavy atom. The standard InChI is InChI=1S/C18H34O2Si/c1-7-8-9-10-11-13-16-14-12-15-17(19-16)20-21(5,6)18(2,3)4/h11,13,15-16H,7-10,12,14H2,1-6H3/b13-11+/t16-/m0/s1. The third-order valence-corrected chi connectivity index (χ3v) is 8.84. The van der Waals surface area contributed by atoms with Crippen molar-refractivity contribution in [3.8, 4) is 0 Å². The molecule has 0 radical (unpaired) electrons. The Balaban J connectivity index is 2.47. The van der Waals surface area contributed by atoms with Crippen molar-refractivity contribution in [2.75, 3.05) is 0 Å². The molecule has 1 aliphatic heterocycles. The van der Waals surface area contributed by atoms with Crippen LogP contribution in [-0.2, 0) is 9.16 Å². The monoisotopic (exact) mass is 310 g/mol. The van der Waals surface area contributed by atoms with Gasteiger partial charge in [0.1, 0.15) is 6.10 Å². The lowest BCUT2D eigenvalue weighted by molar-refractivity contribution is 0.0452. The predicted molar refractivity (Wildman–Crippen MR) is 93.8 cm³/mol. The average molecular weight is 311 g/mol. The second-order valence-corrected chi connectivity index (χ2v) is 12.3. The quantitative estimate of drug-likeness (QED) is 0.318. The Hall–Kier alpha value is -0.703. The molecule has 0 aromatic heterocycles. The molecule has 0 aromatic rings. The summed E-state index contributed by atoms with van der Waals surface area (Å²) in [4.78, 5) is 0. The predicted octanol–water partition coefficient (Wildman–Crippen LogP) is 6.17. The van der Waals surface area contributed by atoms with Crippen LogP contribution in [0.1, 0.15) is 66.2 Å². The van der Waals surface area contributed by atoms with Crippen molar-refractivity contribution in [1.82, 2.24) is 0 Å². The van der Waals surface area contributed by atoms with Gasteiger partial charge in [0, 0.05) is 0 Å². The molecule has 0 saturated heterocycles. The van der Waals surface area contributed by atoms with E-state index in [1.54, 1.807) is 0 Å². The van der Waals surface area contributed by atoms with Gasteiger partial charge in [-0.15, -0.1) is 0 Å². The third-order valence-electron chi connectivity index (χ3n) is 4.52. The first-order valence-corrected chi connectivity index (χ1v) is 11.4. The molecule has 122 valence electrons. The maximum atomic E-state index is 6.26. The van der Waals surface area contributed by atoms with Crippen molar-refractivity contribution < 1.29 is 9.16 Å². The molecule has 0 aromatic carbocycles. The van der Waals surface area contributed by atoms with E-state index in [0.717, 1.165) is 25.2 Å². The summed E-state index contributed by atoms with van der Waals surface area (Å²) in [5.41, 5.74) is 0. The number of ether oxygens (including phenoxy) is 1. The molecule has 0 amide bonds. The SMILES string of the molecule is CCCCC/C=C/[C@H]1CCC=C(O[Si](C)(C)C(C)(C)C)O1. The van der Waals surface area contributed by atoms with Gasteiger partial charge in [-0.2, -0.15) is 0 Å². The Bertz CT molecular complexity index is 364. The van der Waals surface area contributed by atoms with Crippen molar-refractivity contribution in [2.24, 2.45) is 0 Å². The van der Waals surface area contributed by atoms with Crippen LogP contribution in [0.5, 0.6) is 0 Å². The largest absolute Gasteiger partial charge is 0.519 e. The van der Waals surface area contributed by atoms with Gasteiger partial charge in [-0.1, -0.05) is 46.6 Å². The number of allylic oxidation sites excluding steroid dienone is 2. The first kappa shape index (κ1) is 18.3. The van der Waals surface area contributed by atoms with Gasteiger partial charge in [-0.3, -0.25) is 0 Å². The summed E-state index contributed by atoms with van der Waals surface area (Å²) in [5, 5.41) is 0.208. The summed E-state index contributed by atoms with van der Waals surface area (Å²) >= 11 is 0. The van der Waals surface area contributed by atoms with Crippen LogP contribution < -0.4 is 0 Å². The maximum Gasteiger partial charge on any atom is 0.261 e. The average Bonchev–Trinajstić information content (AvgIpc) is 2.37. The maximum absolute atomic E-state index is 6.26. The Kier molecular flexibility index (Phi) is 7.05. The topological polar surface area (TPSA) is 18.5 Å². The number of hydrogen-bond acceptors (Lipinski definition) is 2. The van der Waals surface area contributed by atoms with E-state index in [0.29, 0.717) is 0 Å². The van der Waals surface area contributed by atoms with Crippen LogP contribution in [0.4, 0.5) is 0 Å². The minimum absolute atomic E-state index is 0.191. The van der Waals surface area contributed by atoms with E-state index >= 15 is 0 Å². The van der Waals surface area contributed by atoms with E-state index in [2.05, 4.69) is 59.0 Å². The van der Waals surface area contributed by atoms with E-state index in [4.69, 9.17) is 9.16 Å². The summed E-state index contributed by atoms with van der Waals surface area (Å²) < 4.78 is 12.3. The molecule has 0 fully saturated rings. The highest BCUT2D eigenvalue weighted by molar-refractivity contribution is 6.74. The van der Waals surface area contributed by atoms with Crippen LogP contribution in [-0.4, -0.2) is 14.4 Å². The van der Waals surface area contributed by atoms with E-state index in [9.17, 15) is 0 Å². The molecule has 0 spiro atoms. The van der Waals surface area contributed by atoms with E-state index in [1.807, 2.05) is 0 Å². The van der Waals surface area contributed by atoms with E-state index < -0.39 is 8.32 Å². The van der Waals surface area contributed by atoms with Crippen LogP contribution in [0.2, 0.25) is 18.1 Å². The van der Waals surface area contributed by atoms with Crippen molar-refractivity contribution in [3.05, 3.63) is 24.2 Å². The van der Waals surface area contributed by atoms with Gasteiger partial charge < -0.3 is 9.16 Å². The molecule has 1 rings (SSSR count). The second kappa shape index (κ2) is 8.07.